The van der Waals surface area contributed by atoms with Crippen LogP contribution in [0.1, 0.15) is 139 Å². The number of carbonyl (C=O) groups is 6. The van der Waals surface area contributed by atoms with Crippen LogP contribution >= 0.6 is 121 Å². The summed E-state index contributed by atoms with van der Waals surface area (Å²) in [6, 6.07) is 60.9. The van der Waals surface area contributed by atoms with Crippen molar-refractivity contribution in [1.82, 2.24) is 0 Å². The minimum absolute atomic E-state index is 0.00305. The van der Waals surface area contributed by atoms with Crippen molar-refractivity contribution in [1.29, 1.82) is 0 Å². The van der Waals surface area contributed by atoms with Gasteiger partial charge in [-0.25, -0.2) is 4.39 Å². The Hall–Kier alpha value is -10.2. The van der Waals surface area contributed by atoms with Crippen molar-refractivity contribution >= 4 is 186 Å². The SMILES string of the molecule is CSC(=O)N(C)c1cccc(Br)c1COc1cc(C)c(C)cc1C.CSC(=O)N(C)c1cccc(C)c1COc1cc(C)c(C)cc1C.CSC(=O)N(C)c1cccc(Cl)c1COc1cc(C)c(C)cc1C.CSC(=O)N(C)c1cccc(F)c1COc1cc(C)c(C)cc1C.CSC(=O)N(C)c1cccc(I)c1COc1cc(C)c(C)cc1C.CSC(=O)N(C)c1ccccc1COc1cc(C)c(C)cc1C. The van der Waals surface area contributed by atoms with Crippen LogP contribution in [0.5, 0.6) is 34.5 Å². The van der Waals surface area contributed by atoms with E-state index in [1.54, 1.807) is 116 Å². The first-order valence-corrected chi connectivity index (χ1v) is 55.7. The van der Waals surface area contributed by atoms with E-state index >= 15 is 0 Å². The van der Waals surface area contributed by atoms with E-state index in [9.17, 15) is 33.2 Å². The molecular weight excluding hydrogens is 2110 g/mol. The number of anilines is 6. The number of ether oxygens (including phenoxy) is 6. The second-order valence-corrected chi connectivity index (χ2v) is 41.7. The molecule has 12 rings (SSSR count). The van der Waals surface area contributed by atoms with E-state index in [4.69, 9.17) is 40.0 Å². The molecule has 0 atom stereocenters. The van der Waals surface area contributed by atoms with E-state index in [0.717, 1.165) is 155 Å². The number of nitrogens with zero attached hydrogens (tertiary/aromatic N) is 6. The Kier molecular flexibility index (Phi) is 48.3. The number of para-hydroxylation sites is 1. The van der Waals surface area contributed by atoms with Crippen LogP contribution in [0.4, 0.5) is 67.3 Å². The minimum atomic E-state index is -0.380. The Bertz CT molecular complexity index is 5760. The topological polar surface area (TPSA) is 177 Å². The molecule has 0 saturated carbocycles. The number of rotatable bonds is 24. The number of amides is 6. The molecule has 762 valence electrons. The van der Waals surface area contributed by atoms with Crippen LogP contribution in [0.15, 0.2) is 193 Å². The highest BCUT2D eigenvalue weighted by atomic mass is 127. The lowest BCUT2D eigenvalue weighted by molar-refractivity contribution is 0.265. The van der Waals surface area contributed by atoms with Gasteiger partial charge in [0.05, 0.1) is 34.1 Å². The van der Waals surface area contributed by atoms with Crippen LogP contribution in [0, 0.1) is 141 Å². The Morgan fingerprint density at radius 3 is 0.839 bits per heavy atom. The fraction of sp³-hybridized carbons (Fsp3) is 0.322. The van der Waals surface area contributed by atoms with Gasteiger partial charge < -0.3 is 57.8 Å². The number of aryl methyl sites for hydroxylation is 19. The summed E-state index contributed by atoms with van der Waals surface area (Å²) in [6.07, 6.45) is 10.6. The van der Waals surface area contributed by atoms with Gasteiger partial charge in [0.2, 0.25) is 0 Å². The quantitative estimate of drug-likeness (QED) is 0.0521. The maximum Gasteiger partial charge on any atom is 0.285 e. The van der Waals surface area contributed by atoms with Crippen LogP contribution in [0.3, 0.4) is 0 Å². The van der Waals surface area contributed by atoms with Crippen molar-refractivity contribution in [3.05, 3.63) is 346 Å². The molecule has 0 aliphatic heterocycles. The van der Waals surface area contributed by atoms with Gasteiger partial charge in [-0.05, 0) is 394 Å². The van der Waals surface area contributed by atoms with Crippen molar-refractivity contribution in [2.45, 2.75) is 171 Å². The highest BCUT2D eigenvalue weighted by Crippen LogP contribution is 2.39. The van der Waals surface area contributed by atoms with E-state index in [2.05, 4.69) is 189 Å². The first-order chi connectivity index (χ1) is 67.7. The molecule has 0 aliphatic rings. The van der Waals surface area contributed by atoms with Gasteiger partial charge >= 0.3 is 0 Å². The van der Waals surface area contributed by atoms with Gasteiger partial charge in [-0.15, -0.1) is 0 Å². The Balaban J connectivity index is 0.000000233. The molecule has 12 aromatic carbocycles. The molecule has 0 unspecified atom stereocenters. The molecule has 12 aromatic rings. The van der Waals surface area contributed by atoms with Gasteiger partial charge in [0.25, 0.3) is 31.4 Å². The molecule has 143 heavy (non-hydrogen) atoms. The van der Waals surface area contributed by atoms with Gasteiger partial charge in [0.1, 0.15) is 80.0 Å². The minimum Gasteiger partial charge on any atom is -0.489 e. The fourth-order valence-electron chi connectivity index (χ4n) is 15.0. The molecule has 0 heterocycles. The molecule has 0 radical (unpaired) electrons. The van der Waals surface area contributed by atoms with Gasteiger partial charge in [-0.2, -0.15) is 0 Å². The molecule has 0 spiro atoms. The van der Waals surface area contributed by atoms with E-state index in [-0.39, 0.29) is 43.9 Å². The Labute approximate surface area is 900 Å². The number of thioether (sulfide) groups is 6. The summed E-state index contributed by atoms with van der Waals surface area (Å²) in [5.74, 6) is 4.73. The number of benzene rings is 12. The molecule has 0 aromatic heterocycles. The predicted molar refractivity (Wildman–Crippen MR) is 623 cm³/mol. The van der Waals surface area contributed by atoms with Crippen molar-refractivity contribution in [3.63, 3.8) is 0 Å². The third-order valence-electron chi connectivity index (χ3n) is 24.6. The van der Waals surface area contributed by atoms with Crippen LogP contribution in [-0.2, 0) is 39.6 Å². The lowest BCUT2D eigenvalue weighted by atomic mass is 10.1. The van der Waals surface area contributed by atoms with Crippen LogP contribution in [0.25, 0.3) is 0 Å². The van der Waals surface area contributed by atoms with Gasteiger partial charge in [-0.3, -0.25) is 28.8 Å². The Morgan fingerprint density at radius 2 is 0.497 bits per heavy atom. The van der Waals surface area contributed by atoms with E-state index in [1.807, 2.05) is 151 Å². The molecule has 0 bridgehead atoms. The standard InChI is InChI=1S/C20H25NO2S.C19H22BrNO2S.C19H22ClNO2S.C19H22FNO2S.C19H22INO2S.C19H23NO2S/c1-13-8-7-9-18(21(5)20(22)24-6)17(13)12-23-19-11-15(3)14(2)10-16(19)4;4*1-12-9-14(3)18(10-13(12)2)23-11-15-16(20)7-6-8-17(15)21(4)19(22)24-5;1-13-10-15(3)18(11-14(13)2)22-12-16-8-6-7-9-17(16)20(4)19(21)23-5/h7-11H,12H2,1-6H3;4*6-10H,11H2,1-5H3;6-11H,12H2,1-5H3. The molecule has 0 aliphatic carbocycles. The third-order valence-corrected chi connectivity index (χ3v) is 30.4. The second kappa shape index (κ2) is 57.6. The van der Waals surface area contributed by atoms with Gasteiger partial charge in [0.15, 0.2) is 0 Å². The highest BCUT2D eigenvalue weighted by Gasteiger charge is 2.25. The lowest BCUT2D eigenvalue weighted by Gasteiger charge is -2.22. The second-order valence-electron chi connectivity index (χ2n) is 34.8. The van der Waals surface area contributed by atoms with Crippen molar-refractivity contribution in [2.24, 2.45) is 0 Å². The zero-order chi connectivity index (χ0) is 106. The first-order valence-electron chi connectivity index (χ1n) is 46.1. The largest absolute Gasteiger partial charge is 0.489 e. The summed E-state index contributed by atoms with van der Waals surface area (Å²) in [5.41, 5.74) is 32.4. The summed E-state index contributed by atoms with van der Waals surface area (Å²) in [5, 5.41) is 0.446. The van der Waals surface area contributed by atoms with Crippen LogP contribution < -0.4 is 57.8 Å². The Morgan fingerprint density at radius 1 is 0.266 bits per heavy atom. The average molecular weight is 2250 g/mol. The van der Waals surface area contributed by atoms with Gasteiger partial charge in [-0.1, -0.05) is 189 Å². The predicted octanol–water partition coefficient (Wildman–Crippen LogP) is 33.1. The van der Waals surface area contributed by atoms with Crippen LogP contribution in [-0.4, -0.2) is 111 Å². The number of carbonyl (C=O) groups excluding carboxylic acids is 6. The van der Waals surface area contributed by atoms with Crippen LogP contribution in [0.2, 0.25) is 5.02 Å². The smallest absolute Gasteiger partial charge is 0.285 e. The number of hydrogen-bond donors (Lipinski definition) is 0. The number of halogens is 4. The average Bonchev–Trinajstić information content (AvgIpc) is 0.823. The highest BCUT2D eigenvalue weighted by molar-refractivity contribution is 14.1. The number of hydrogen-bond acceptors (Lipinski definition) is 18. The molecular formula is C115H136BrClFIN6O12S6. The molecule has 0 saturated heterocycles. The van der Waals surface area contributed by atoms with E-state index < -0.39 is 0 Å². The van der Waals surface area contributed by atoms with Crippen molar-refractivity contribution in [3.8, 4) is 34.5 Å². The van der Waals surface area contributed by atoms with Crippen molar-refractivity contribution < 1.29 is 61.6 Å². The summed E-state index contributed by atoms with van der Waals surface area (Å²) >= 11 is 19.3. The summed E-state index contributed by atoms with van der Waals surface area (Å²) in [4.78, 5) is 81.6. The van der Waals surface area contributed by atoms with E-state index in [1.165, 1.54) is 131 Å². The molecule has 0 fully saturated rings. The molecule has 28 heteroatoms. The molecule has 18 nitrogen and oxygen atoms in total. The first kappa shape index (κ1) is 120. The summed E-state index contributed by atoms with van der Waals surface area (Å²) in [6.45, 7) is 41.3. The third kappa shape index (κ3) is 33.7. The van der Waals surface area contributed by atoms with Crippen molar-refractivity contribution in [2.75, 3.05) is 109 Å². The fourth-order valence-corrected chi connectivity index (χ4v) is 18.6. The maximum atomic E-state index is 14.3. The zero-order valence-corrected chi connectivity index (χ0v) is 97.6. The van der Waals surface area contributed by atoms with E-state index in [0.29, 0.717) is 49.3 Å². The normalized spacial score (nSPS) is 10.6. The monoisotopic (exact) mass is 2240 g/mol. The zero-order valence-electron chi connectivity index (χ0n) is 88.2. The molecule has 0 N–H and O–H groups in total. The lowest BCUT2D eigenvalue weighted by Crippen LogP contribution is -2.23. The summed E-state index contributed by atoms with van der Waals surface area (Å²) < 4.78 is 52.5. The van der Waals surface area contributed by atoms with Gasteiger partial charge in [0, 0.05) is 88.7 Å². The maximum absolute atomic E-state index is 14.3. The summed E-state index contributed by atoms with van der Waals surface area (Å²) in [7, 11) is 10.6. The molecule has 6 amide bonds.